The average molecular weight is 203 g/mol. The summed E-state index contributed by atoms with van der Waals surface area (Å²) in [5, 5.41) is 8.39. The topological polar surface area (TPSA) is 41.5 Å². The van der Waals surface area contributed by atoms with Gasteiger partial charge in [0, 0.05) is 19.2 Å². The van der Waals surface area contributed by atoms with Gasteiger partial charge in [-0.1, -0.05) is 0 Å². The molecular formula is C9H11F2NO2. The lowest BCUT2D eigenvalue weighted by molar-refractivity contribution is 0.159. The number of nitrogens with one attached hydrogen (secondary N) is 1. The van der Waals surface area contributed by atoms with E-state index in [1.54, 1.807) is 5.48 Å². The molecule has 0 unspecified atom stereocenters. The molecule has 1 aromatic rings. The van der Waals surface area contributed by atoms with E-state index in [-0.39, 0.29) is 18.7 Å². The van der Waals surface area contributed by atoms with E-state index in [9.17, 15) is 8.78 Å². The molecule has 0 fully saturated rings. The molecule has 0 aliphatic carbocycles. The molecule has 0 heterocycles. The van der Waals surface area contributed by atoms with Crippen molar-refractivity contribution in [3.63, 3.8) is 0 Å². The summed E-state index contributed by atoms with van der Waals surface area (Å²) in [7, 11) is 1.46. The highest BCUT2D eigenvalue weighted by molar-refractivity contribution is 5.25. The zero-order chi connectivity index (χ0) is 10.6. The number of hydroxylamine groups is 1. The van der Waals surface area contributed by atoms with Crippen LogP contribution in [0.2, 0.25) is 0 Å². The Morgan fingerprint density at radius 2 is 2.14 bits per heavy atom. The molecule has 1 aromatic carbocycles. The normalized spacial score (nSPS) is 10.6. The number of halogens is 2. The summed E-state index contributed by atoms with van der Waals surface area (Å²) in [6.07, 6.45) is 0. The molecule has 0 aromatic heterocycles. The van der Waals surface area contributed by atoms with Gasteiger partial charge in [-0.3, -0.25) is 0 Å². The van der Waals surface area contributed by atoms with Gasteiger partial charge in [-0.25, -0.2) is 14.3 Å². The molecule has 0 spiro atoms. The highest BCUT2D eigenvalue weighted by atomic mass is 19.2. The van der Waals surface area contributed by atoms with Gasteiger partial charge in [0.1, 0.15) is 0 Å². The maximum absolute atomic E-state index is 13.0. The third-order valence-electron chi connectivity index (χ3n) is 1.74. The number of benzene rings is 1. The molecule has 78 valence electrons. The van der Waals surface area contributed by atoms with E-state index in [0.717, 1.165) is 6.07 Å². The predicted molar refractivity (Wildman–Crippen MR) is 45.7 cm³/mol. The molecule has 1 rings (SSSR count). The van der Waals surface area contributed by atoms with Crippen molar-refractivity contribution in [1.82, 2.24) is 5.48 Å². The second kappa shape index (κ2) is 4.99. The monoisotopic (exact) mass is 203 g/mol. The van der Waals surface area contributed by atoms with Crippen molar-refractivity contribution in [2.24, 2.45) is 0 Å². The SMILES string of the molecule is COCc1cc(F)c(F)c(CNO)c1. The van der Waals surface area contributed by atoms with Crippen molar-refractivity contribution in [2.75, 3.05) is 7.11 Å². The van der Waals surface area contributed by atoms with Crippen LogP contribution in [0.25, 0.3) is 0 Å². The van der Waals surface area contributed by atoms with Gasteiger partial charge >= 0.3 is 0 Å². The van der Waals surface area contributed by atoms with Gasteiger partial charge in [0.15, 0.2) is 11.6 Å². The van der Waals surface area contributed by atoms with Crippen LogP contribution in [0, 0.1) is 11.6 Å². The molecule has 0 atom stereocenters. The van der Waals surface area contributed by atoms with E-state index in [1.807, 2.05) is 0 Å². The predicted octanol–water partition coefficient (Wildman–Crippen LogP) is 1.59. The maximum Gasteiger partial charge on any atom is 0.163 e. The fourth-order valence-electron chi connectivity index (χ4n) is 1.17. The Bertz CT molecular complexity index is 318. The number of hydrogen-bond donors (Lipinski definition) is 2. The van der Waals surface area contributed by atoms with Gasteiger partial charge in [-0.2, -0.15) is 0 Å². The lowest BCUT2D eigenvalue weighted by Crippen LogP contribution is -2.09. The quantitative estimate of drug-likeness (QED) is 0.730. The first-order valence-corrected chi connectivity index (χ1v) is 4.01. The van der Waals surface area contributed by atoms with Gasteiger partial charge in [0.05, 0.1) is 6.61 Å². The van der Waals surface area contributed by atoms with Crippen molar-refractivity contribution in [3.8, 4) is 0 Å². The van der Waals surface area contributed by atoms with E-state index in [0.29, 0.717) is 5.56 Å². The Morgan fingerprint density at radius 3 is 2.71 bits per heavy atom. The third kappa shape index (κ3) is 2.47. The summed E-state index contributed by atoms with van der Waals surface area (Å²) in [5.41, 5.74) is 2.37. The summed E-state index contributed by atoms with van der Waals surface area (Å²) >= 11 is 0. The molecule has 3 nitrogen and oxygen atoms in total. The summed E-state index contributed by atoms with van der Waals surface area (Å²) < 4.78 is 30.8. The minimum atomic E-state index is -0.952. The van der Waals surface area contributed by atoms with E-state index in [1.165, 1.54) is 13.2 Å². The molecule has 0 saturated heterocycles. The van der Waals surface area contributed by atoms with Crippen LogP contribution in [0.15, 0.2) is 12.1 Å². The van der Waals surface area contributed by atoms with Crippen LogP contribution < -0.4 is 5.48 Å². The first kappa shape index (κ1) is 11.0. The van der Waals surface area contributed by atoms with E-state index in [4.69, 9.17) is 9.94 Å². The maximum atomic E-state index is 13.0. The van der Waals surface area contributed by atoms with Crippen LogP contribution >= 0.6 is 0 Å². The van der Waals surface area contributed by atoms with Crippen molar-refractivity contribution >= 4 is 0 Å². The molecule has 0 saturated carbocycles. The van der Waals surface area contributed by atoms with Crippen molar-refractivity contribution < 1.29 is 18.7 Å². The van der Waals surface area contributed by atoms with E-state index < -0.39 is 11.6 Å². The summed E-state index contributed by atoms with van der Waals surface area (Å²) in [6, 6.07) is 2.50. The van der Waals surface area contributed by atoms with E-state index in [2.05, 4.69) is 0 Å². The van der Waals surface area contributed by atoms with Gasteiger partial charge in [-0.15, -0.1) is 0 Å². The van der Waals surface area contributed by atoms with Crippen LogP contribution in [-0.4, -0.2) is 12.3 Å². The van der Waals surface area contributed by atoms with Gasteiger partial charge in [0.2, 0.25) is 0 Å². The number of ether oxygens (including phenoxy) is 1. The minimum absolute atomic E-state index is 0.0690. The van der Waals surface area contributed by atoms with Crippen LogP contribution in [0.5, 0.6) is 0 Å². The molecule has 0 radical (unpaired) electrons. The van der Waals surface area contributed by atoms with Crippen LogP contribution in [0.1, 0.15) is 11.1 Å². The Morgan fingerprint density at radius 1 is 1.43 bits per heavy atom. The highest BCUT2D eigenvalue weighted by Gasteiger charge is 2.10. The van der Waals surface area contributed by atoms with Crippen molar-refractivity contribution in [3.05, 3.63) is 34.9 Å². The number of methoxy groups -OCH3 is 1. The van der Waals surface area contributed by atoms with Crippen LogP contribution in [0.4, 0.5) is 8.78 Å². The average Bonchev–Trinajstić information content (AvgIpc) is 2.14. The first-order chi connectivity index (χ1) is 6.69. The lowest BCUT2D eigenvalue weighted by Gasteiger charge is -2.06. The number of rotatable bonds is 4. The molecule has 0 aliphatic rings. The summed E-state index contributed by atoms with van der Waals surface area (Å²) in [6.45, 7) is 0.0654. The Labute approximate surface area is 80.3 Å². The Balaban J connectivity index is 3.01. The van der Waals surface area contributed by atoms with Crippen LogP contribution in [0.3, 0.4) is 0 Å². The molecule has 5 heteroatoms. The zero-order valence-electron chi connectivity index (χ0n) is 7.68. The lowest BCUT2D eigenvalue weighted by atomic mass is 10.1. The first-order valence-electron chi connectivity index (χ1n) is 4.01. The van der Waals surface area contributed by atoms with Crippen LogP contribution in [-0.2, 0) is 17.9 Å². The fraction of sp³-hybridized carbons (Fsp3) is 0.333. The minimum Gasteiger partial charge on any atom is -0.380 e. The molecule has 0 amide bonds. The second-order valence-electron chi connectivity index (χ2n) is 2.82. The molecule has 2 N–H and O–H groups in total. The molecule has 14 heavy (non-hydrogen) atoms. The van der Waals surface area contributed by atoms with Gasteiger partial charge in [-0.05, 0) is 17.7 Å². The van der Waals surface area contributed by atoms with Crippen molar-refractivity contribution in [2.45, 2.75) is 13.2 Å². The summed E-state index contributed by atoms with van der Waals surface area (Å²) in [5.74, 6) is -1.89. The smallest absolute Gasteiger partial charge is 0.163 e. The zero-order valence-corrected chi connectivity index (χ0v) is 7.68. The van der Waals surface area contributed by atoms with Crippen molar-refractivity contribution in [1.29, 1.82) is 0 Å². The number of hydrogen-bond acceptors (Lipinski definition) is 3. The van der Waals surface area contributed by atoms with E-state index >= 15 is 0 Å². The largest absolute Gasteiger partial charge is 0.380 e. The standard InChI is InChI=1S/C9H11F2NO2/c1-14-5-6-2-7(4-12-13)9(11)8(10)3-6/h2-3,12-13H,4-5H2,1H3. The molecular weight excluding hydrogens is 192 g/mol. The Hall–Kier alpha value is -1.04. The van der Waals surface area contributed by atoms with Gasteiger partial charge in [0.25, 0.3) is 0 Å². The highest BCUT2D eigenvalue weighted by Crippen LogP contribution is 2.15. The van der Waals surface area contributed by atoms with Gasteiger partial charge < -0.3 is 9.94 Å². The second-order valence-corrected chi connectivity index (χ2v) is 2.82. The third-order valence-corrected chi connectivity index (χ3v) is 1.74. The molecule has 0 aliphatic heterocycles. The fourth-order valence-corrected chi connectivity index (χ4v) is 1.17. The Kier molecular flexibility index (Phi) is 3.94. The summed E-state index contributed by atoms with van der Waals surface area (Å²) in [4.78, 5) is 0. The molecule has 0 bridgehead atoms.